The van der Waals surface area contributed by atoms with E-state index in [-0.39, 0.29) is 12.4 Å². The zero-order valence-corrected chi connectivity index (χ0v) is 16.6. The van der Waals surface area contributed by atoms with Gasteiger partial charge in [-0.25, -0.2) is 0 Å². The van der Waals surface area contributed by atoms with Crippen molar-refractivity contribution in [2.24, 2.45) is 0 Å². The maximum absolute atomic E-state index is 12.9. The van der Waals surface area contributed by atoms with Gasteiger partial charge in [-0.1, -0.05) is 48.5 Å². The molecule has 1 aromatic heterocycles. The van der Waals surface area contributed by atoms with Gasteiger partial charge in [-0.2, -0.15) is 0 Å². The Morgan fingerprint density at radius 1 is 0.964 bits per heavy atom. The molecule has 3 nitrogen and oxygen atoms in total. The topological polar surface area (TPSA) is 50.2 Å². The number of unbranched alkanes of at least 4 members (excludes halogenated alkanes) is 1. The summed E-state index contributed by atoms with van der Waals surface area (Å²) in [5.41, 5.74) is 7.25. The molecule has 0 aliphatic carbocycles. The molecule has 0 atom stereocenters. The van der Waals surface area contributed by atoms with Gasteiger partial charge in [0.2, 0.25) is 0 Å². The van der Waals surface area contributed by atoms with Crippen molar-refractivity contribution in [1.82, 2.24) is 4.98 Å². The summed E-state index contributed by atoms with van der Waals surface area (Å²) in [4.78, 5) is 17.3. The molecule has 3 rings (SSSR count). The summed E-state index contributed by atoms with van der Waals surface area (Å²) < 4.78 is 0. The third-order valence-electron chi connectivity index (χ3n) is 5.24. The van der Waals surface area contributed by atoms with E-state index >= 15 is 0 Å². The van der Waals surface area contributed by atoms with Gasteiger partial charge in [0.25, 0.3) is 0 Å². The molecule has 0 unspecified atom stereocenters. The SMILES string of the molecule is Cc1cnc(C(=O)Cc2cccc(-c3ccccc3)c2C)cc1CCCCO. The van der Waals surface area contributed by atoms with Crippen LogP contribution in [0.25, 0.3) is 11.1 Å². The predicted octanol–water partition coefficient (Wildman–Crippen LogP) is 5.11. The molecule has 144 valence electrons. The number of Topliss-reactive ketones (excluding diaryl/α,β-unsaturated/α-hetero) is 1. The number of aliphatic hydroxyl groups is 1. The van der Waals surface area contributed by atoms with Gasteiger partial charge in [-0.15, -0.1) is 0 Å². The molecule has 1 N–H and O–H groups in total. The number of rotatable bonds is 8. The minimum Gasteiger partial charge on any atom is -0.396 e. The Bertz CT molecular complexity index is 948. The Morgan fingerprint density at radius 2 is 1.75 bits per heavy atom. The Morgan fingerprint density at radius 3 is 2.50 bits per heavy atom. The van der Waals surface area contributed by atoms with E-state index in [4.69, 9.17) is 5.11 Å². The number of hydrogen-bond acceptors (Lipinski definition) is 3. The smallest absolute Gasteiger partial charge is 0.185 e. The molecule has 0 amide bonds. The third-order valence-corrected chi connectivity index (χ3v) is 5.24. The normalized spacial score (nSPS) is 10.8. The van der Waals surface area contributed by atoms with Crippen molar-refractivity contribution < 1.29 is 9.90 Å². The standard InChI is InChI=1S/C25H27NO2/c1-18-17-26-24(15-21(18)11-6-7-14-27)25(28)16-22-12-8-13-23(19(22)2)20-9-4-3-5-10-20/h3-5,8-10,12-13,15,17,27H,6-7,11,14,16H2,1-2H3. The molecule has 1 heterocycles. The Labute approximate surface area is 167 Å². The minimum atomic E-state index is 0.0386. The van der Waals surface area contributed by atoms with E-state index in [0.29, 0.717) is 12.1 Å². The van der Waals surface area contributed by atoms with E-state index in [2.05, 4.69) is 30.1 Å². The van der Waals surface area contributed by atoms with Crippen molar-refractivity contribution in [3.05, 3.63) is 88.7 Å². The summed E-state index contributed by atoms with van der Waals surface area (Å²) in [6.45, 7) is 4.30. The maximum Gasteiger partial charge on any atom is 0.185 e. The molecule has 28 heavy (non-hydrogen) atoms. The van der Waals surface area contributed by atoms with E-state index in [1.165, 1.54) is 0 Å². The number of carbonyl (C=O) groups excluding carboxylic acids is 1. The molecule has 0 spiro atoms. The van der Waals surface area contributed by atoms with Crippen LogP contribution >= 0.6 is 0 Å². The first kappa shape index (κ1) is 20.0. The summed E-state index contributed by atoms with van der Waals surface area (Å²) in [5, 5.41) is 8.98. The van der Waals surface area contributed by atoms with Crippen molar-refractivity contribution >= 4 is 5.78 Å². The summed E-state index contributed by atoms with van der Waals surface area (Å²) in [6, 6.07) is 18.3. The molecule has 0 bridgehead atoms. The third kappa shape index (κ3) is 4.73. The van der Waals surface area contributed by atoms with Crippen LogP contribution in [0.1, 0.15) is 45.6 Å². The van der Waals surface area contributed by atoms with Crippen molar-refractivity contribution in [2.75, 3.05) is 6.61 Å². The first-order chi connectivity index (χ1) is 13.6. The lowest BCUT2D eigenvalue weighted by Gasteiger charge is -2.12. The Hall–Kier alpha value is -2.78. The number of pyridine rings is 1. The number of aliphatic hydroxyl groups excluding tert-OH is 1. The number of nitrogens with zero attached hydrogens (tertiary/aromatic N) is 1. The van der Waals surface area contributed by atoms with Gasteiger partial charge in [0.1, 0.15) is 5.69 Å². The highest BCUT2D eigenvalue weighted by Crippen LogP contribution is 2.26. The first-order valence-electron chi connectivity index (χ1n) is 9.83. The highest BCUT2D eigenvalue weighted by atomic mass is 16.2. The van der Waals surface area contributed by atoms with Gasteiger partial charge in [0, 0.05) is 19.2 Å². The van der Waals surface area contributed by atoms with Crippen LogP contribution < -0.4 is 0 Å². The van der Waals surface area contributed by atoms with Crippen LogP contribution in [0.4, 0.5) is 0 Å². The van der Waals surface area contributed by atoms with Crippen LogP contribution in [0.15, 0.2) is 60.8 Å². The molecule has 0 saturated heterocycles. The molecule has 0 aliphatic heterocycles. The number of benzene rings is 2. The molecule has 0 aliphatic rings. The fourth-order valence-electron chi connectivity index (χ4n) is 3.48. The number of carbonyl (C=O) groups is 1. The Kier molecular flexibility index (Phi) is 6.72. The average molecular weight is 373 g/mol. The number of aromatic nitrogens is 1. The van der Waals surface area contributed by atoms with Crippen molar-refractivity contribution in [3.63, 3.8) is 0 Å². The summed E-state index contributed by atoms with van der Waals surface area (Å²) in [5.74, 6) is 0.0386. The lowest BCUT2D eigenvalue weighted by Crippen LogP contribution is -2.09. The second kappa shape index (κ2) is 9.43. The molecule has 0 fully saturated rings. The minimum absolute atomic E-state index is 0.0386. The van der Waals surface area contributed by atoms with Crippen LogP contribution in [0.5, 0.6) is 0 Å². The fraction of sp³-hybridized carbons (Fsp3) is 0.280. The molecule has 0 radical (unpaired) electrons. The van der Waals surface area contributed by atoms with E-state index in [1.807, 2.05) is 43.3 Å². The second-order valence-electron chi connectivity index (χ2n) is 7.23. The van der Waals surface area contributed by atoms with Crippen LogP contribution in [0, 0.1) is 13.8 Å². The molecular formula is C25H27NO2. The van der Waals surface area contributed by atoms with Crippen molar-refractivity contribution in [1.29, 1.82) is 0 Å². The quantitative estimate of drug-likeness (QED) is 0.441. The second-order valence-corrected chi connectivity index (χ2v) is 7.23. The van der Waals surface area contributed by atoms with Crippen LogP contribution in [0.3, 0.4) is 0 Å². The number of ketones is 1. The van der Waals surface area contributed by atoms with Gasteiger partial charge in [0.15, 0.2) is 5.78 Å². The van der Waals surface area contributed by atoms with Crippen molar-refractivity contribution in [3.8, 4) is 11.1 Å². The zero-order chi connectivity index (χ0) is 19.9. The monoisotopic (exact) mass is 373 g/mol. The predicted molar refractivity (Wildman–Crippen MR) is 114 cm³/mol. The summed E-state index contributed by atoms with van der Waals surface area (Å²) >= 11 is 0. The van der Waals surface area contributed by atoms with Gasteiger partial charge >= 0.3 is 0 Å². The Balaban J connectivity index is 1.81. The summed E-state index contributed by atoms with van der Waals surface area (Å²) in [7, 11) is 0. The van der Waals surface area contributed by atoms with Gasteiger partial charge < -0.3 is 5.11 Å². The maximum atomic E-state index is 12.9. The van der Waals surface area contributed by atoms with Gasteiger partial charge in [-0.3, -0.25) is 9.78 Å². The molecule has 0 saturated carbocycles. The highest BCUT2D eigenvalue weighted by Gasteiger charge is 2.14. The largest absolute Gasteiger partial charge is 0.396 e. The zero-order valence-electron chi connectivity index (χ0n) is 16.6. The lowest BCUT2D eigenvalue weighted by atomic mass is 9.93. The molecule has 3 aromatic rings. The van der Waals surface area contributed by atoms with Gasteiger partial charge in [-0.05, 0) is 72.6 Å². The highest BCUT2D eigenvalue weighted by molar-refractivity contribution is 5.96. The number of hydrogen-bond donors (Lipinski definition) is 1. The van der Waals surface area contributed by atoms with Crippen molar-refractivity contribution in [2.45, 2.75) is 39.5 Å². The van der Waals surface area contributed by atoms with E-state index in [0.717, 1.165) is 52.6 Å². The van der Waals surface area contributed by atoms with Crippen LogP contribution in [-0.4, -0.2) is 22.5 Å². The van der Waals surface area contributed by atoms with E-state index in [9.17, 15) is 4.79 Å². The van der Waals surface area contributed by atoms with E-state index in [1.54, 1.807) is 6.20 Å². The lowest BCUT2D eigenvalue weighted by molar-refractivity contribution is 0.0988. The molecule has 3 heteroatoms. The van der Waals surface area contributed by atoms with E-state index < -0.39 is 0 Å². The fourth-order valence-corrected chi connectivity index (χ4v) is 3.48. The molecule has 2 aromatic carbocycles. The molecular weight excluding hydrogens is 346 g/mol. The van der Waals surface area contributed by atoms with Crippen LogP contribution in [0.2, 0.25) is 0 Å². The first-order valence-corrected chi connectivity index (χ1v) is 9.83. The number of aryl methyl sites for hydroxylation is 2. The van der Waals surface area contributed by atoms with Crippen LogP contribution in [-0.2, 0) is 12.8 Å². The summed E-state index contributed by atoms with van der Waals surface area (Å²) in [6.07, 6.45) is 4.68. The van der Waals surface area contributed by atoms with Gasteiger partial charge in [0.05, 0.1) is 0 Å². The average Bonchev–Trinajstić information content (AvgIpc) is 2.71.